The predicted molar refractivity (Wildman–Crippen MR) is 128 cm³/mol. The number of hydrogen-bond acceptors (Lipinski definition) is 7. The molecule has 3 amide bonds. The summed E-state index contributed by atoms with van der Waals surface area (Å²) in [6.45, 7) is 0. The van der Waals surface area contributed by atoms with E-state index < -0.39 is 49.6 Å². The summed E-state index contributed by atoms with van der Waals surface area (Å²) in [6, 6.07) is 3.19. The Morgan fingerprint density at radius 1 is 0.861 bits per heavy atom. The molecule has 0 aliphatic heterocycles. The van der Waals surface area contributed by atoms with Crippen LogP contribution in [-0.2, 0) is 25.6 Å². The normalized spacial score (nSPS) is 12.2. The summed E-state index contributed by atoms with van der Waals surface area (Å²) in [7, 11) is 0.229. The maximum absolute atomic E-state index is 12.5. The summed E-state index contributed by atoms with van der Waals surface area (Å²) in [6.07, 6.45) is 0.680. The Bertz CT molecular complexity index is 910. The van der Waals surface area contributed by atoms with Crippen LogP contribution in [0, 0.1) is 0 Å². The van der Waals surface area contributed by atoms with Gasteiger partial charge in [-0.1, -0.05) is 18.6 Å². The first-order chi connectivity index (χ1) is 16.9. The van der Waals surface area contributed by atoms with Gasteiger partial charge in [0.2, 0.25) is 5.91 Å². The summed E-state index contributed by atoms with van der Waals surface area (Å²) in [5, 5.41) is 49.1. The van der Waals surface area contributed by atoms with Gasteiger partial charge in [0, 0.05) is 25.6 Å². The molecule has 0 unspecified atom stereocenters. The van der Waals surface area contributed by atoms with Crippen molar-refractivity contribution in [1.82, 2.24) is 10.6 Å². The van der Waals surface area contributed by atoms with Crippen LogP contribution in [0.4, 0.5) is 10.5 Å². The van der Waals surface area contributed by atoms with Gasteiger partial charge >= 0.3 is 31.1 Å². The quantitative estimate of drug-likeness (QED) is 0.151. The van der Waals surface area contributed by atoms with Gasteiger partial charge in [-0.3, -0.25) is 9.59 Å². The molecule has 0 saturated carbocycles. The molecule has 7 N–H and O–H groups in total. The van der Waals surface area contributed by atoms with E-state index in [1.165, 1.54) is 4.90 Å². The number of urea groups is 1. The zero-order valence-electron chi connectivity index (χ0n) is 19.9. The Hall–Kier alpha value is -3.65. The van der Waals surface area contributed by atoms with Gasteiger partial charge in [0.25, 0.3) is 0 Å². The molecule has 0 bridgehead atoms. The van der Waals surface area contributed by atoms with E-state index in [1.807, 2.05) is 17.4 Å². The van der Waals surface area contributed by atoms with Crippen LogP contribution < -0.4 is 15.5 Å². The maximum Gasteiger partial charge on any atom is 0.451 e. The van der Waals surface area contributed by atoms with Crippen molar-refractivity contribution in [3.8, 4) is 0 Å². The zero-order valence-corrected chi connectivity index (χ0v) is 19.9. The number of rotatable bonds is 16. The number of amides is 3. The van der Waals surface area contributed by atoms with Crippen molar-refractivity contribution in [2.45, 2.75) is 63.3 Å². The number of carboxylic acid groups (broad SMARTS) is 3. The number of hydrogen-bond donors (Lipinski definition) is 7. The van der Waals surface area contributed by atoms with Crippen molar-refractivity contribution >= 4 is 42.7 Å². The van der Waals surface area contributed by atoms with Crippen molar-refractivity contribution in [3.05, 3.63) is 29.8 Å². The molecule has 1 rings (SSSR count). The SMILES string of the molecule is CN(C(=O)CCC[C@H](NC(=O)N[C@@H](CCC(=O)O)C(=O)O)C(=O)O)c1ccc(CCCB(O)O)cc1. The lowest BCUT2D eigenvalue weighted by atomic mass is 9.83. The second kappa shape index (κ2) is 15.4. The van der Waals surface area contributed by atoms with E-state index in [1.54, 1.807) is 19.2 Å². The number of carbonyl (C=O) groups is 5. The van der Waals surface area contributed by atoms with E-state index in [4.69, 9.17) is 20.3 Å². The number of carbonyl (C=O) groups excluding carboxylic acids is 2. The fraction of sp³-hybridized carbons (Fsp3) is 0.500. The lowest BCUT2D eigenvalue weighted by Crippen LogP contribution is -2.51. The highest BCUT2D eigenvalue weighted by atomic mass is 16.4. The lowest BCUT2D eigenvalue weighted by Gasteiger charge is -2.20. The molecule has 36 heavy (non-hydrogen) atoms. The minimum Gasteiger partial charge on any atom is -0.481 e. The molecule has 0 radical (unpaired) electrons. The van der Waals surface area contributed by atoms with Gasteiger partial charge in [-0.05, 0) is 49.7 Å². The summed E-state index contributed by atoms with van der Waals surface area (Å²) >= 11 is 0. The minimum atomic E-state index is -1.50. The van der Waals surface area contributed by atoms with Crippen LogP contribution in [0.5, 0.6) is 0 Å². The van der Waals surface area contributed by atoms with Crippen LogP contribution in [0.1, 0.15) is 44.1 Å². The van der Waals surface area contributed by atoms with E-state index in [9.17, 15) is 29.1 Å². The molecule has 0 aliphatic rings. The zero-order chi connectivity index (χ0) is 27.3. The molecule has 13 nitrogen and oxygen atoms in total. The fourth-order valence-electron chi connectivity index (χ4n) is 3.28. The molecular weight excluding hydrogens is 477 g/mol. The van der Waals surface area contributed by atoms with Gasteiger partial charge in [0.1, 0.15) is 12.1 Å². The van der Waals surface area contributed by atoms with Gasteiger partial charge < -0.3 is 40.9 Å². The van der Waals surface area contributed by atoms with E-state index in [-0.39, 0.29) is 37.9 Å². The van der Waals surface area contributed by atoms with E-state index in [0.29, 0.717) is 18.5 Å². The topological polar surface area (TPSA) is 214 Å². The predicted octanol–water partition coefficient (Wildman–Crippen LogP) is 0.296. The molecule has 0 spiro atoms. The molecule has 0 aliphatic carbocycles. The number of nitrogens with one attached hydrogen (secondary N) is 2. The Morgan fingerprint density at radius 3 is 1.92 bits per heavy atom. The minimum absolute atomic E-state index is 0.00389. The summed E-state index contributed by atoms with van der Waals surface area (Å²) < 4.78 is 0. The van der Waals surface area contributed by atoms with Crippen molar-refractivity contribution < 1.29 is 49.3 Å². The van der Waals surface area contributed by atoms with Gasteiger partial charge in [-0.2, -0.15) is 0 Å². The first-order valence-electron chi connectivity index (χ1n) is 11.4. The molecule has 14 heteroatoms. The Morgan fingerprint density at radius 2 is 1.42 bits per heavy atom. The molecule has 198 valence electrons. The monoisotopic (exact) mass is 509 g/mol. The molecular formula is C22H32BN3O10. The number of nitrogens with zero attached hydrogens (tertiary/aromatic N) is 1. The number of anilines is 1. The number of aliphatic carboxylic acids is 3. The summed E-state index contributed by atoms with van der Waals surface area (Å²) in [5.74, 6) is -4.34. The van der Waals surface area contributed by atoms with Gasteiger partial charge in [-0.25, -0.2) is 14.4 Å². The largest absolute Gasteiger partial charge is 0.481 e. The van der Waals surface area contributed by atoms with Crippen molar-refractivity contribution in [1.29, 1.82) is 0 Å². The Balaban J connectivity index is 2.55. The second-order valence-corrected chi connectivity index (χ2v) is 8.22. The first kappa shape index (κ1) is 30.4. The summed E-state index contributed by atoms with van der Waals surface area (Å²) in [5.41, 5.74) is 1.60. The number of benzene rings is 1. The average molecular weight is 509 g/mol. The van der Waals surface area contributed by atoms with Crippen molar-refractivity contribution in [2.24, 2.45) is 0 Å². The van der Waals surface area contributed by atoms with E-state index >= 15 is 0 Å². The number of aryl methyl sites for hydroxylation is 1. The van der Waals surface area contributed by atoms with Crippen LogP contribution in [0.25, 0.3) is 0 Å². The van der Waals surface area contributed by atoms with Gasteiger partial charge in [0.15, 0.2) is 0 Å². The van der Waals surface area contributed by atoms with Crippen LogP contribution in [0.2, 0.25) is 6.32 Å². The standard InChI is InChI=1S/C22H32BN3O10/c1-26(15-9-7-14(8-10-15)4-3-13-23(35)36)18(27)6-2-5-16(20(30)31)24-22(34)25-17(21(32)33)11-12-19(28)29/h7-10,16-17,35-36H,2-6,11-13H2,1H3,(H,28,29)(H,30,31)(H,32,33)(H2,24,25,34)/t16-,17-/m0/s1. The number of carboxylic acids is 3. The smallest absolute Gasteiger partial charge is 0.451 e. The Labute approximate surface area is 208 Å². The van der Waals surface area contributed by atoms with Crippen LogP contribution in [-0.4, -0.2) is 81.5 Å². The summed E-state index contributed by atoms with van der Waals surface area (Å²) in [4.78, 5) is 59.2. The van der Waals surface area contributed by atoms with E-state index in [2.05, 4.69) is 5.32 Å². The second-order valence-electron chi connectivity index (χ2n) is 8.22. The van der Waals surface area contributed by atoms with Crippen LogP contribution in [0.3, 0.4) is 0 Å². The van der Waals surface area contributed by atoms with Crippen LogP contribution in [0.15, 0.2) is 24.3 Å². The fourth-order valence-corrected chi connectivity index (χ4v) is 3.28. The third-order valence-electron chi connectivity index (χ3n) is 5.36. The van der Waals surface area contributed by atoms with Gasteiger partial charge in [-0.15, -0.1) is 0 Å². The average Bonchev–Trinajstić information content (AvgIpc) is 2.80. The molecule has 0 saturated heterocycles. The maximum atomic E-state index is 12.5. The Kier molecular flexibility index (Phi) is 13.0. The molecule has 0 heterocycles. The molecule has 0 fully saturated rings. The van der Waals surface area contributed by atoms with Gasteiger partial charge in [0.05, 0.1) is 0 Å². The third kappa shape index (κ3) is 11.7. The van der Waals surface area contributed by atoms with Crippen LogP contribution >= 0.6 is 0 Å². The van der Waals surface area contributed by atoms with E-state index in [0.717, 1.165) is 5.56 Å². The third-order valence-corrected chi connectivity index (χ3v) is 5.36. The van der Waals surface area contributed by atoms with Crippen molar-refractivity contribution in [2.75, 3.05) is 11.9 Å². The molecule has 1 aromatic rings. The molecule has 1 aromatic carbocycles. The highest BCUT2D eigenvalue weighted by molar-refractivity contribution is 6.40. The lowest BCUT2D eigenvalue weighted by molar-refractivity contribution is -0.140. The highest BCUT2D eigenvalue weighted by Crippen LogP contribution is 2.17. The first-order valence-corrected chi connectivity index (χ1v) is 11.4. The van der Waals surface area contributed by atoms with Crippen molar-refractivity contribution in [3.63, 3.8) is 0 Å². The molecule has 2 atom stereocenters. The molecule has 0 aromatic heterocycles. The highest BCUT2D eigenvalue weighted by Gasteiger charge is 2.25.